The molecule has 0 radical (unpaired) electrons. The molecule has 2 heterocycles. The van der Waals surface area contributed by atoms with Crippen molar-refractivity contribution in [1.29, 1.82) is 0 Å². The number of rotatable bonds is 3. The molecule has 1 aliphatic carbocycles. The molecule has 1 saturated carbocycles. The Balaban J connectivity index is 1.88. The van der Waals surface area contributed by atoms with Gasteiger partial charge in [-0.2, -0.15) is 0 Å². The molecule has 0 bridgehead atoms. The summed E-state index contributed by atoms with van der Waals surface area (Å²) in [5.74, 6) is 1.02. The van der Waals surface area contributed by atoms with Crippen LogP contribution in [0.25, 0.3) is 0 Å². The first kappa shape index (κ1) is 12.6. The predicted molar refractivity (Wildman–Crippen MR) is 69.1 cm³/mol. The molecule has 0 spiro atoms. The lowest BCUT2D eigenvalue weighted by molar-refractivity contribution is -0.144. The lowest BCUT2D eigenvalue weighted by Gasteiger charge is -2.47. The average Bonchev–Trinajstić information content (AvgIpc) is 3.19. The van der Waals surface area contributed by atoms with Gasteiger partial charge in [0.2, 0.25) is 11.8 Å². The standard InChI is InChI=1S/C12H14N2O4S/c13-8-9(15)14-10(18-12(16)17)7(5-19-11(8)14)4-3-6-1-2-6/h3-4,6,8,11H,1-2,5,13H2,(H,16,17)/b4-3-/t8?,11-/m0/s1. The average molecular weight is 282 g/mol. The lowest BCUT2D eigenvalue weighted by Crippen LogP contribution is -2.68. The summed E-state index contributed by atoms with van der Waals surface area (Å²) < 4.78 is 4.79. The molecule has 6 nitrogen and oxygen atoms in total. The third-order valence-corrected chi connectivity index (χ3v) is 4.69. The third-order valence-electron chi connectivity index (χ3n) is 3.36. The van der Waals surface area contributed by atoms with Gasteiger partial charge < -0.3 is 15.6 Å². The van der Waals surface area contributed by atoms with Gasteiger partial charge in [0.1, 0.15) is 11.4 Å². The number of carbonyl (C=O) groups excluding carboxylic acids is 1. The van der Waals surface area contributed by atoms with Gasteiger partial charge in [0.25, 0.3) is 0 Å². The predicted octanol–water partition coefficient (Wildman–Crippen LogP) is 1.10. The van der Waals surface area contributed by atoms with Crippen molar-refractivity contribution >= 4 is 23.8 Å². The number of nitrogens with zero attached hydrogens (tertiary/aromatic N) is 1. The quantitative estimate of drug-likeness (QED) is 0.595. The van der Waals surface area contributed by atoms with Crippen LogP contribution in [0, 0.1) is 5.92 Å². The van der Waals surface area contributed by atoms with Gasteiger partial charge in [-0.25, -0.2) is 4.79 Å². The van der Waals surface area contributed by atoms with Gasteiger partial charge in [0.05, 0.1) is 0 Å². The molecule has 0 aromatic carbocycles. The normalized spacial score (nSPS) is 30.4. The molecule has 0 aromatic heterocycles. The van der Waals surface area contributed by atoms with Gasteiger partial charge >= 0.3 is 6.16 Å². The smallest absolute Gasteiger partial charge is 0.449 e. The van der Waals surface area contributed by atoms with Crippen LogP contribution in [0.15, 0.2) is 23.6 Å². The van der Waals surface area contributed by atoms with Crippen molar-refractivity contribution in [2.45, 2.75) is 24.3 Å². The lowest BCUT2D eigenvalue weighted by atomic mass is 10.1. The highest BCUT2D eigenvalue weighted by Crippen LogP contribution is 2.40. The number of amides is 1. The summed E-state index contributed by atoms with van der Waals surface area (Å²) in [5, 5.41) is 8.59. The first-order valence-electron chi connectivity index (χ1n) is 6.10. The summed E-state index contributed by atoms with van der Waals surface area (Å²) in [6.07, 6.45) is 4.85. The van der Waals surface area contributed by atoms with Crippen LogP contribution in [0.2, 0.25) is 0 Å². The zero-order valence-electron chi connectivity index (χ0n) is 10.1. The molecule has 2 fully saturated rings. The van der Waals surface area contributed by atoms with E-state index >= 15 is 0 Å². The Kier molecular flexibility index (Phi) is 3.02. The van der Waals surface area contributed by atoms with Crippen LogP contribution >= 0.6 is 11.8 Å². The zero-order valence-corrected chi connectivity index (χ0v) is 10.9. The van der Waals surface area contributed by atoms with E-state index in [-0.39, 0.29) is 17.2 Å². The molecular weight excluding hydrogens is 268 g/mol. The summed E-state index contributed by atoms with van der Waals surface area (Å²) in [4.78, 5) is 23.9. The van der Waals surface area contributed by atoms with Crippen molar-refractivity contribution in [3.8, 4) is 0 Å². The molecule has 19 heavy (non-hydrogen) atoms. The highest BCUT2D eigenvalue weighted by atomic mass is 32.2. The summed E-state index contributed by atoms with van der Waals surface area (Å²) in [7, 11) is 0. The second-order valence-corrected chi connectivity index (χ2v) is 5.94. The van der Waals surface area contributed by atoms with Gasteiger partial charge in [0, 0.05) is 11.3 Å². The fourth-order valence-corrected chi connectivity index (χ4v) is 3.37. The van der Waals surface area contributed by atoms with E-state index in [1.807, 2.05) is 12.2 Å². The second-order valence-electron chi connectivity index (χ2n) is 4.83. The van der Waals surface area contributed by atoms with Gasteiger partial charge in [-0.15, -0.1) is 11.8 Å². The molecule has 3 rings (SSSR count). The number of carboxylic acid groups (broad SMARTS) is 1. The van der Waals surface area contributed by atoms with E-state index in [1.165, 1.54) is 29.5 Å². The number of nitrogens with two attached hydrogens (primary N) is 1. The molecule has 2 aliphatic heterocycles. The van der Waals surface area contributed by atoms with Crippen molar-refractivity contribution in [1.82, 2.24) is 4.90 Å². The van der Waals surface area contributed by atoms with Gasteiger partial charge in [0.15, 0.2) is 0 Å². The van der Waals surface area contributed by atoms with Crippen molar-refractivity contribution in [2.24, 2.45) is 11.7 Å². The Bertz CT molecular complexity index is 498. The Labute approximate surface area is 114 Å². The molecular formula is C12H14N2O4S. The topological polar surface area (TPSA) is 92.9 Å². The SMILES string of the molecule is NC1C(=O)N2C(OC(=O)O)=C(/C=C\C3CC3)CS[C@@H]12. The van der Waals surface area contributed by atoms with E-state index in [9.17, 15) is 9.59 Å². The number of β-lactam (4-membered cyclic amide) rings is 1. The van der Waals surface area contributed by atoms with E-state index in [0.29, 0.717) is 11.7 Å². The highest BCUT2D eigenvalue weighted by Gasteiger charge is 2.51. The molecule has 7 heteroatoms. The van der Waals surface area contributed by atoms with Crippen LogP contribution in [0.5, 0.6) is 0 Å². The number of thioether (sulfide) groups is 1. The van der Waals surface area contributed by atoms with Crippen LogP contribution in [-0.4, -0.2) is 39.2 Å². The van der Waals surface area contributed by atoms with E-state index < -0.39 is 12.2 Å². The minimum absolute atomic E-state index is 0.125. The van der Waals surface area contributed by atoms with Crippen molar-refractivity contribution < 1.29 is 19.4 Å². The summed E-state index contributed by atoms with van der Waals surface area (Å²) in [6.45, 7) is 0. The summed E-state index contributed by atoms with van der Waals surface area (Å²) >= 11 is 1.53. The molecule has 102 valence electrons. The van der Waals surface area contributed by atoms with Crippen LogP contribution in [-0.2, 0) is 9.53 Å². The van der Waals surface area contributed by atoms with Crippen LogP contribution in [0.1, 0.15) is 12.8 Å². The van der Waals surface area contributed by atoms with Crippen LogP contribution in [0.3, 0.4) is 0 Å². The van der Waals surface area contributed by atoms with Gasteiger partial charge in [-0.05, 0) is 18.8 Å². The van der Waals surface area contributed by atoms with Gasteiger partial charge in [-0.3, -0.25) is 9.69 Å². The second kappa shape index (κ2) is 4.57. The monoisotopic (exact) mass is 282 g/mol. The Morgan fingerprint density at radius 3 is 2.89 bits per heavy atom. The van der Waals surface area contributed by atoms with Crippen molar-refractivity contribution in [3.05, 3.63) is 23.6 Å². The molecule has 3 N–H and O–H groups in total. The van der Waals surface area contributed by atoms with E-state index in [4.69, 9.17) is 15.6 Å². The highest BCUT2D eigenvalue weighted by molar-refractivity contribution is 8.00. The number of allylic oxidation sites excluding steroid dienone is 2. The number of carbonyl (C=O) groups is 2. The largest absolute Gasteiger partial charge is 0.512 e. The van der Waals surface area contributed by atoms with Crippen molar-refractivity contribution in [2.75, 3.05) is 5.75 Å². The maximum atomic E-state index is 11.7. The summed E-state index contributed by atoms with van der Waals surface area (Å²) in [6, 6.07) is -0.564. The van der Waals surface area contributed by atoms with Crippen LogP contribution in [0.4, 0.5) is 4.79 Å². The first-order chi connectivity index (χ1) is 9.08. The molecule has 2 atom stereocenters. The molecule has 1 saturated heterocycles. The number of hydrogen-bond acceptors (Lipinski definition) is 5. The molecule has 0 aromatic rings. The fraction of sp³-hybridized carbons (Fsp3) is 0.500. The Morgan fingerprint density at radius 1 is 1.53 bits per heavy atom. The third kappa shape index (κ3) is 2.23. The van der Waals surface area contributed by atoms with E-state index in [2.05, 4.69) is 0 Å². The molecule has 1 amide bonds. The first-order valence-corrected chi connectivity index (χ1v) is 7.15. The number of hydrogen-bond donors (Lipinski definition) is 2. The van der Waals surface area contributed by atoms with E-state index in [1.54, 1.807) is 0 Å². The fourth-order valence-electron chi connectivity index (χ4n) is 2.13. The van der Waals surface area contributed by atoms with Gasteiger partial charge in [-0.1, -0.05) is 12.2 Å². The van der Waals surface area contributed by atoms with Crippen molar-refractivity contribution in [3.63, 3.8) is 0 Å². The molecule has 1 unspecified atom stereocenters. The van der Waals surface area contributed by atoms with Crippen LogP contribution < -0.4 is 5.73 Å². The maximum Gasteiger partial charge on any atom is 0.512 e. The van der Waals surface area contributed by atoms with E-state index in [0.717, 1.165) is 5.57 Å². The number of fused-ring (bicyclic) bond motifs is 1. The zero-order chi connectivity index (χ0) is 13.6. The minimum Gasteiger partial charge on any atom is -0.449 e. The number of ether oxygens (including phenoxy) is 1. The Morgan fingerprint density at radius 2 is 2.26 bits per heavy atom. The minimum atomic E-state index is -1.41. The summed E-state index contributed by atoms with van der Waals surface area (Å²) in [5.41, 5.74) is 6.42. The Hall–Kier alpha value is -1.47. The maximum absolute atomic E-state index is 11.7. The molecule has 3 aliphatic rings.